The van der Waals surface area contributed by atoms with Crippen LogP contribution in [0.1, 0.15) is 28.2 Å². The number of anilines is 1. The SMILES string of the molecule is Cc1ccc(Cl)cc1NC(=O)[C@H](Cc1ccc([N+](=O)[O-])cc1)NC(=O)C(c1ccccc1)c1ccccc1. The molecule has 0 fully saturated rings. The van der Waals surface area contributed by atoms with Gasteiger partial charge in [0.2, 0.25) is 11.8 Å². The molecule has 7 nitrogen and oxygen atoms in total. The van der Waals surface area contributed by atoms with Crippen molar-refractivity contribution in [3.05, 3.63) is 141 Å². The molecule has 0 aliphatic rings. The second-order valence-corrected chi connectivity index (χ2v) is 9.33. The number of aryl methyl sites for hydroxylation is 1. The van der Waals surface area contributed by atoms with Crippen LogP contribution >= 0.6 is 11.6 Å². The summed E-state index contributed by atoms with van der Waals surface area (Å²) in [4.78, 5) is 37.9. The lowest BCUT2D eigenvalue weighted by molar-refractivity contribution is -0.384. The smallest absolute Gasteiger partial charge is 0.269 e. The van der Waals surface area contributed by atoms with Gasteiger partial charge in [-0.3, -0.25) is 19.7 Å². The lowest BCUT2D eigenvalue weighted by Gasteiger charge is -2.24. The van der Waals surface area contributed by atoms with E-state index in [1.54, 1.807) is 30.3 Å². The number of rotatable bonds is 9. The molecule has 2 N–H and O–H groups in total. The highest BCUT2D eigenvalue weighted by atomic mass is 35.5. The monoisotopic (exact) mass is 527 g/mol. The first-order chi connectivity index (χ1) is 18.3. The maximum atomic E-state index is 13.8. The van der Waals surface area contributed by atoms with E-state index in [4.69, 9.17) is 11.6 Å². The van der Waals surface area contributed by atoms with Crippen molar-refractivity contribution >= 4 is 34.8 Å². The summed E-state index contributed by atoms with van der Waals surface area (Å²) in [5.74, 6) is -1.41. The van der Waals surface area contributed by atoms with Gasteiger partial charge in [0.25, 0.3) is 5.69 Å². The summed E-state index contributed by atoms with van der Waals surface area (Å²) in [7, 11) is 0. The van der Waals surface area contributed by atoms with Crippen LogP contribution < -0.4 is 10.6 Å². The number of nitro groups is 1. The predicted octanol–water partition coefficient (Wildman–Crippen LogP) is 6.05. The average Bonchev–Trinajstić information content (AvgIpc) is 2.92. The summed E-state index contributed by atoms with van der Waals surface area (Å²) in [6, 6.07) is 28.8. The van der Waals surface area contributed by atoms with E-state index in [0.717, 1.165) is 16.7 Å². The van der Waals surface area contributed by atoms with E-state index in [-0.39, 0.29) is 18.0 Å². The van der Waals surface area contributed by atoms with Crippen molar-refractivity contribution in [3.8, 4) is 0 Å². The van der Waals surface area contributed by atoms with Crippen molar-refractivity contribution < 1.29 is 14.5 Å². The number of non-ortho nitro benzene ring substituents is 1. The zero-order chi connectivity index (χ0) is 27.1. The van der Waals surface area contributed by atoms with Crippen LogP contribution in [0.2, 0.25) is 5.02 Å². The van der Waals surface area contributed by atoms with Crippen molar-refractivity contribution in [2.24, 2.45) is 0 Å². The molecule has 192 valence electrons. The van der Waals surface area contributed by atoms with Crippen LogP contribution in [-0.2, 0) is 16.0 Å². The maximum Gasteiger partial charge on any atom is 0.269 e. The molecule has 0 unspecified atom stereocenters. The molecule has 4 aromatic rings. The highest BCUT2D eigenvalue weighted by Crippen LogP contribution is 2.26. The fourth-order valence-corrected chi connectivity index (χ4v) is 4.36. The fourth-order valence-electron chi connectivity index (χ4n) is 4.19. The summed E-state index contributed by atoms with van der Waals surface area (Å²) in [6.45, 7) is 1.84. The van der Waals surface area contributed by atoms with Gasteiger partial charge in [-0.15, -0.1) is 0 Å². The van der Waals surface area contributed by atoms with Crippen LogP contribution in [0.5, 0.6) is 0 Å². The third kappa shape index (κ3) is 6.63. The van der Waals surface area contributed by atoms with Gasteiger partial charge in [0, 0.05) is 29.3 Å². The lowest BCUT2D eigenvalue weighted by atomic mass is 9.90. The minimum Gasteiger partial charge on any atom is -0.343 e. The Bertz CT molecular complexity index is 1390. The lowest BCUT2D eigenvalue weighted by Crippen LogP contribution is -2.47. The van der Waals surface area contributed by atoms with Crippen molar-refractivity contribution in [2.75, 3.05) is 5.32 Å². The molecule has 0 aromatic heterocycles. The molecule has 0 radical (unpaired) electrons. The molecule has 0 bridgehead atoms. The van der Waals surface area contributed by atoms with Crippen LogP contribution in [0.25, 0.3) is 0 Å². The first-order valence-corrected chi connectivity index (χ1v) is 12.4. The number of amides is 2. The van der Waals surface area contributed by atoms with Crippen LogP contribution in [0, 0.1) is 17.0 Å². The van der Waals surface area contributed by atoms with Crippen LogP contribution in [0.15, 0.2) is 103 Å². The third-order valence-corrected chi connectivity index (χ3v) is 6.44. The quantitative estimate of drug-likeness (QED) is 0.204. The Morgan fingerprint density at radius 1 is 0.842 bits per heavy atom. The molecule has 0 heterocycles. The van der Waals surface area contributed by atoms with Gasteiger partial charge in [0.15, 0.2) is 0 Å². The fraction of sp³-hybridized carbons (Fsp3) is 0.133. The Morgan fingerprint density at radius 3 is 1.97 bits per heavy atom. The second kappa shape index (κ2) is 12.2. The Labute approximate surface area is 225 Å². The number of hydrogen-bond donors (Lipinski definition) is 2. The van der Waals surface area contributed by atoms with Gasteiger partial charge in [0.05, 0.1) is 10.8 Å². The summed E-state index contributed by atoms with van der Waals surface area (Å²) in [6.07, 6.45) is 0.130. The molecule has 1 atom stereocenters. The van der Waals surface area contributed by atoms with Crippen molar-refractivity contribution in [3.63, 3.8) is 0 Å². The van der Waals surface area contributed by atoms with Crippen molar-refractivity contribution in [2.45, 2.75) is 25.3 Å². The van der Waals surface area contributed by atoms with Gasteiger partial charge in [-0.2, -0.15) is 0 Å². The standard InChI is InChI=1S/C30H26ClN3O4/c1-20-12-15-24(31)19-26(20)32-29(35)27(18-21-13-16-25(17-14-21)34(37)38)33-30(36)28(22-8-4-2-5-9-22)23-10-6-3-7-11-23/h2-17,19,27-28H,18H2,1H3,(H,32,35)(H,33,36)/t27-/m0/s1. The topological polar surface area (TPSA) is 101 Å². The summed E-state index contributed by atoms with van der Waals surface area (Å²) in [5, 5.41) is 17.4. The Balaban J connectivity index is 1.65. The van der Waals surface area contributed by atoms with E-state index in [1.807, 2.05) is 67.6 Å². The Kier molecular flexibility index (Phi) is 8.51. The van der Waals surface area contributed by atoms with Gasteiger partial charge < -0.3 is 10.6 Å². The molecule has 0 saturated heterocycles. The Morgan fingerprint density at radius 2 is 1.42 bits per heavy atom. The molecule has 0 aliphatic carbocycles. The molecule has 4 aromatic carbocycles. The number of nitro benzene ring substituents is 1. The van der Waals surface area contributed by atoms with Crippen LogP contribution in [0.4, 0.5) is 11.4 Å². The minimum absolute atomic E-state index is 0.0541. The van der Waals surface area contributed by atoms with Gasteiger partial charge in [0.1, 0.15) is 6.04 Å². The van der Waals surface area contributed by atoms with Gasteiger partial charge >= 0.3 is 0 Å². The van der Waals surface area contributed by atoms with Gasteiger partial charge in [-0.25, -0.2) is 0 Å². The molecule has 2 amide bonds. The highest BCUT2D eigenvalue weighted by Gasteiger charge is 2.28. The maximum absolute atomic E-state index is 13.8. The van der Waals surface area contributed by atoms with Crippen LogP contribution in [0.3, 0.4) is 0 Å². The number of nitrogens with zero attached hydrogens (tertiary/aromatic N) is 1. The van der Waals surface area contributed by atoms with Gasteiger partial charge in [-0.1, -0.05) is 90.5 Å². The average molecular weight is 528 g/mol. The van der Waals surface area contributed by atoms with E-state index >= 15 is 0 Å². The van der Waals surface area contributed by atoms with E-state index in [9.17, 15) is 19.7 Å². The second-order valence-electron chi connectivity index (χ2n) is 8.89. The first kappa shape index (κ1) is 26.6. The molecule has 0 spiro atoms. The number of carbonyl (C=O) groups excluding carboxylic acids is 2. The molecular formula is C30H26ClN3O4. The van der Waals surface area contributed by atoms with E-state index in [1.165, 1.54) is 12.1 Å². The predicted molar refractivity (Wildman–Crippen MR) is 148 cm³/mol. The number of benzene rings is 4. The number of hydrogen-bond acceptors (Lipinski definition) is 4. The highest BCUT2D eigenvalue weighted by molar-refractivity contribution is 6.31. The number of carbonyl (C=O) groups is 2. The molecular weight excluding hydrogens is 502 g/mol. The first-order valence-electron chi connectivity index (χ1n) is 12.0. The molecule has 8 heteroatoms. The number of halogens is 1. The van der Waals surface area contributed by atoms with Crippen LogP contribution in [-0.4, -0.2) is 22.8 Å². The summed E-state index contributed by atoms with van der Waals surface area (Å²) < 4.78 is 0. The Hall–Kier alpha value is -4.49. The summed E-state index contributed by atoms with van der Waals surface area (Å²) in [5.41, 5.74) is 3.53. The molecule has 4 rings (SSSR count). The molecule has 38 heavy (non-hydrogen) atoms. The number of nitrogens with one attached hydrogen (secondary N) is 2. The van der Waals surface area contributed by atoms with E-state index in [0.29, 0.717) is 16.3 Å². The molecule has 0 aliphatic heterocycles. The van der Waals surface area contributed by atoms with Crippen molar-refractivity contribution in [1.82, 2.24) is 5.32 Å². The largest absolute Gasteiger partial charge is 0.343 e. The van der Waals surface area contributed by atoms with Crippen molar-refractivity contribution in [1.29, 1.82) is 0 Å². The minimum atomic E-state index is -0.961. The van der Waals surface area contributed by atoms with E-state index < -0.39 is 22.8 Å². The third-order valence-electron chi connectivity index (χ3n) is 6.21. The van der Waals surface area contributed by atoms with Gasteiger partial charge in [-0.05, 0) is 41.3 Å². The zero-order valence-corrected chi connectivity index (χ0v) is 21.4. The zero-order valence-electron chi connectivity index (χ0n) is 20.6. The summed E-state index contributed by atoms with van der Waals surface area (Å²) >= 11 is 6.14. The van der Waals surface area contributed by atoms with E-state index in [2.05, 4.69) is 10.6 Å². The molecule has 0 saturated carbocycles. The normalized spacial score (nSPS) is 11.6.